The summed E-state index contributed by atoms with van der Waals surface area (Å²) in [7, 11) is -3.11. The number of rotatable bonds is 7. The van der Waals surface area contributed by atoms with Gasteiger partial charge in [0.15, 0.2) is 0 Å². The van der Waals surface area contributed by atoms with E-state index in [0.717, 1.165) is 19.1 Å². The van der Waals surface area contributed by atoms with Gasteiger partial charge in [-0.05, 0) is 19.8 Å². The molecule has 1 N–H and O–H groups in total. The van der Waals surface area contributed by atoms with Gasteiger partial charge in [-0.15, -0.1) is 0 Å². The fourth-order valence-electron chi connectivity index (χ4n) is 2.66. The summed E-state index contributed by atoms with van der Waals surface area (Å²) in [5, 5.41) is 2.96. The van der Waals surface area contributed by atoms with Crippen LogP contribution < -0.4 is 5.32 Å². The van der Waals surface area contributed by atoms with Crippen LogP contribution in [0, 0.1) is 0 Å². The lowest BCUT2D eigenvalue weighted by atomic mass is 10.1. The molecule has 1 rings (SSSR count). The number of imide groups is 1. The highest BCUT2D eigenvalue weighted by Gasteiger charge is 2.41. The Kier molecular flexibility index (Phi) is 5.70. The van der Waals surface area contributed by atoms with Gasteiger partial charge in [-0.25, -0.2) is 8.42 Å². The Morgan fingerprint density at radius 2 is 1.85 bits per heavy atom. The van der Waals surface area contributed by atoms with Gasteiger partial charge in [-0.3, -0.25) is 14.5 Å². The molecule has 1 fully saturated rings. The Labute approximate surface area is 120 Å². The van der Waals surface area contributed by atoms with E-state index in [9.17, 15) is 18.0 Å². The topological polar surface area (TPSA) is 83.6 Å². The summed E-state index contributed by atoms with van der Waals surface area (Å²) in [4.78, 5) is 25.6. The molecule has 2 unspecified atom stereocenters. The number of amides is 2. The second-order valence-electron chi connectivity index (χ2n) is 5.49. The Morgan fingerprint density at radius 3 is 2.30 bits per heavy atom. The van der Waals surface area contributed by atoms with Gasteiger partial charge in [-0.1, -0.05) is 13.8 Å². The Hall–Kier alpha value is -0.950. The highest BCUT2D eigenvalue weighted by atomic mass is 32.2. The maximum absolute atomic E-state index is 12.3. The van der Waals surface area contributed by atoms with Crippen molar-refractivity contribution in [2.45, 2.75) is 58.2 Å². The van der Waals surface area contributed by atoms with Crippen LogP contribution in [0.3, 0.4) is 0 Å². The molecule has 6 nitrogen and oxygen atoms in total. The summed E-state index contributed by atoms with van der Waals surface area (Å²) in [6.45, 7) is 5.60. The Bertz CT molecular complexity index is 471. The quantitative estimate of drug-likeness (QED) is 0.685. The van der Waals surface area contributed by atoms with Gasteiger partial charge >= 0.3 is 0 Å². The molecule has 116 valence electrons. The van der Waals surface area contributed by atoms with Gasteiger partial charge in [0.05, 0.1) is 18.2 Å². The summed E-state index contributed by atoms with van der Waals surface area (Å²) >= 11 is 0. The van der Waals surface area contributed by atoms with E-state index in [1.54, 1.807) is 6.92 Å². The van der Waals surface area contributed by atoms with Crippen molar-refractivity contribution in [3.63, 3.8) is 0 Å². The largest absolute Gasteiger partial charge is 0.302 e. The molecule has 1 heterocycles. The van der Waals surface area contributed by atoms with Gasteiger partial charge in [0.1, 0.15) is 9.84 Å². The number of hydrogen-bond donors (Lipinski definition) is 1. The lowest BCUT2D eigenvalue weighted by Gasteiger charge is -2.25. The highest BCUT2D eigenvalue weighted by molar-refractivity contribution is 7.90. The second kappa shape index (κ2) is 6.67. The lowest BCUT2D eigenvalue weighted by molar-refractivity contribution is -0.141. The molecule has 0 aliphatic carbocycles. The van der Waals surface area contributed by atoms with E-state index in [1.807, 2.05) is 13.8 Å². The number of carbonyl (C=O) groups is 2. The van der Waals surface area contributed by atoms with Crippen molar-refractivity contribution in [3.05, 3.63) is 0 Å². The zero-order valence-corrected chi connectivity index (χ0v) is 13.4. The predicted molar refractivity (Wildman–Crippen MR) is 76.9 cm³/mol. The van der Waals surface area contributed by atoms with Crippen LogP contribution in [0.5, 0.6) is 0 Å². The van der Waals surface area contributed by atoms with Crippen LogP contribution in [0.15, 0.2) is 0 Å². The number of nitrogens with zero attached hydrogens (tertiary/aromatic N) is 1. The molecule has 0 radical (unpaired) electrons. The van der Waals surface area contributed by atoms with Crippen molar-refractivity contribution in [2.75, 3.05) is 12.0 Å². The monoisotopic (exact) mass is 304 g/mol. The van der Waals surface area contributed by atoms with Gasteiger partial charge in [0, 0.05) is 18.3 Å². The molecule has 7 heteroatoms. The van der Waals surface area contributed by atoms with Gasteiger partial charge in [0.25, 0.3) is 0 Å². The minimum atomic E-state index is -3.11. The molecule has 0 spiro atoms. The molecule has 0 aromatic carbocycles. The molecule has 2 atom stereocenters. The zero-order valence-electron chi connectivity index (χ0n) is 12.5. The summed E-state index contributed by atoms with van der Waals surface area (Å²) < 4.78 is 22.4. The fraction of sp³-hybridized carbons (Fsp3) is 0.846. The first-order valence-electron chi connectivity index (χ1n) is 6.99. The van der Waals surface area contributed by atoms with Crippen LogP contribution >= 0.6 is 0 Å². The van der Waals surface area contributed by atoms with Crippen LogP contribution in [-0.4, -0.2) is 55.3 Å². The fourth-order valence-corrected chi connectivity index (χ4v) is 3.67. The maximum Gasteiger partial charge on any atom is 0.247 e. The Balaban J connectivity index is 2.71. The first-order valence-corrected chi connectivity index (χ1v) is 9.05. The minimum Gasteiger partial charge on any atom is -0.302 e. The average molecular weight is 304 g/mol. The van der Waals surface area contributed by atoms with Crippen molar-refractivity contribution >= 4 is 21.7 Å². The summed E-state index contributed by atoms with van der Waals surface area (Å²) in [5.74, 6) is -0.451. The van der Waals surface area contributed by atoms with Crippen molar-refractivity contribution < 1.29 is 18.0 Å². The van der Waals surface area contributed by atoms with Gasteiger partial charge in [0.2, 0.25) is 11.8 Å². The lowest BCUT2D eigenvalue weighted by Crippen LogP contribution is -2.47. The minimum absolute atomic E-state index is 0.0457. The summed E-state index contributed by atoms with van der Waals surface area (Å²) in [5.41, 5.74) is 0. The van der Waals surface area contributed by atoms with E-state index in [1.165, 1.54) is 4.90 Å². The van der Waals surface area contributed by atoms with E-state index in [4.69, 9.17) is 0 Å². The molecule has 0 aromatic heterocycles. The van der Waals surface area contributed by atoms with E-state index in [2.05, 4.69) is 5.32 Å². The third-order valence-corrected chi connectivity index (χ3v) is 4.63. The molecule has 0 saturated carbocycles. The molecular formula is C13H24N2O4S. The number of sulfone groups is 1. The number of hydrogen-bond acceptors (Lipinski definition) is 5. The number of nitrogens with one attached hydrogen (secondary N) is 1. The average Bonchev–Trinajstić information content (AvgIpc) is 2.56. The Morgan fingerprint density at radius 1 is 1.30 bits per heavy atom. The molecule has 2 amide bonds. The SMILES string of the molecule is CCC(CC)N1C(=O)CC(NC(C)CS(C)(=O)=O)C1=O. The third kappa shape index (κ3) is 4.28. The molecule has 1 saturated heterocycles. The second-order valence-corrected chi connectivity index (χ2v) is 7.67. The van der Waals surface area contributed by atoms with Crippen LogP contribution in [0.1, 0.15) is 40.0 Å². The normalized spacial score (nSPS) is 21.9. The van der Waals surface area contributed by atoms with Crippen molar-refractivity contribution in [2.24, 2.45) is 0 Å². The van der Waals surface area contributed by atoms with Crippen LogP contribution in [0.2, 0.25) is 0 Å². The first-order chi connectivity index (χ1) is 9.19. The van der Waals surface area contributed by atoms with E-state index >= 15 is 0 Å². The third-order valence-electron chi connectivity index (χ3n) is 3.53. The maximum atomic E-state index is 12.3. The van der Waals surface area contributed by atoms with Crippen LogP contribution in [0.25, 0.3) is 0 Å². The summed E-state index contributed by atoms with van der Waals surface area (Å²) in [6, 6.07) is -1.01. The van der Waals surface area contributed by atoms with Gasteiger partial charge in [-0.2, -0.15) is 0 Å². The smallest absolute Gasteiger partial charge is 0.247 e. The van der Waals surface area contributed by atoms with E-state index < -0.39 is 15.9 Å². The van der Waals surface area contributed by atoms with E-state index in [-0.39, 0.29) is 36.1 Å². The molecule has 1 aliphatic heterocycles. The van der Waals surface area contributed by atoms with Crippen LogP contribution in [-0.2, 0) is 19.4 Å². The van der Waals surface area contributed by atoms with Crippen LogP contribution in [0.4, 0.5) is 0 Å². The van der Waals surface area contributed by atoms with Crippen molar-refractivity contribution in [1.29, 1.82) is 0 Å². The summed E-state index contributed by atoms with van der Waals surface area (Å²) in [6.07, 6.45) is 2.74. The molecule has 20 heavy (non-hydrogen) atoms. The van der Waals surface area contributed by atoms with Gasteiger partial charge < -0.3 is 5.32 Å². The van der Waals surface area contributed by atoms with E-state index in [0.29, 0.717) is 0 Å². The predicted octanol–water partition coefficient (Wildman–Crippen LogP) is 0.325. The molecular weight excluding hydrogens is 280 g/mol. The molecule has 1 aliphatic rings. The van der Waals surface area contributed by atoms with Crippen molar-refractivity contribution in [3.8, 4) is 0 Å². The zero-order chi connectivity index (χ0) is 15.5. The molecule has 0 bridgehead atoms. The number of carbonyl (C=O) groups excluding carboxylic acids is 2. The standard InChI is InChI=1S/C13H24N2O4S/c1-5-10(6-2)15-12(16)7-11(13(15)17)14-9(3)8-20(4,18)19/h9-11,14H,5-8H2,1-4H3. The number of likely N-dealkylation sites (tertiary alicyclic amines) is 1. The molecule has 0 aromatic rings. The highest BCUT2D eigenvalue weighted by Crippen LogP contribution is 2.20. The van der Waals surface area contributed by atoms with Crippen molar-refractivity contribution in [1.82, 2.24) is 10.2 Å². The first kappa shape index (κ1) is 17.1.